The number of aromatic nitrogens is 4. The van der Waals surface area contributed by atoms with Gasteiger partial charge in [-0.05, 0) is 42.7 Å². The number of hydrogen-bond donors (Lipinski definition) is 0. The van der Waals surface area contributed by atoms with Crippen LogP contribution in [0.4, 0.5) is 10.2 Å². The van der Waals surface area contributed by atoms with Crippen LogP contribution in [0.25, 0.3) is 16.7 Å². The van der Waals surface area contributed by atoms with Gasteiger partial charge in [-0.15, -0.1) is 0 Å². The smallest absolute Gasteiger partial charge is 0.248 e. The minimum atomic E-state index is -0.284. The molecule has 41 heavy (non-hydrogen) atoms. The number of nitrogens with zero attached hydrogens (tertiary/aromatic N) is 6. The van der Waals surface area contributed by atoms with Gasteiger partial charge >= 0.3 is 0 Å². The number of ether oxygens (including phenoxy) is 1. The average Bonchev–Trinajstić information content (AvgIpc) is 3.34. The van der Waals surface area contributed by atoms with Gasteiger partial charge in [0.1, 0.15) is 24.1 Å². The Labute approximate surface area is 240 Å². The van der Waals surface area contributed by atoms with E-state index in [0.717, 1.165) is 46.0 Å². The quantitative estimate of drug-likeness (QED) is 0.295. The highest BCUT2D eigenvalue weighted by molar-refractivity contribution is 5.91. The van der Waals surface area contributed by atoms with Crippen LogP contribution >= 0.6 is 0 Å². The zero-order chi connectivity index (χ0) is 28.2. The van der Waals surface area contributed by atoms with Crippen molar-refractivity contribution in [2.75, 3.05) is 37.7 Å². The van der Waals surface area contributed by atoms with E-state index in [1.807, 2.05) is 46.8 Å². The molecule has 1 saturated heterocycles. The first kappa shape index (κ1) is 27.3. The first-order valence-electron chi connectivity index (χ1n) is 14.7. The fourth-order valence-corrected chi connectivity index (χ4v) is 6.03. The van der Waals surface area contributed by atoms with E-state index in [4.69, 9.17) is 19.8 Å². The molecule has 0 radical (unpaired) electrons. The second-order valence-electron chi connectivity index (χ2n) is 11.2. The number of benzene rings is 2. The molecule has 4 aromatic rings. The van der Waals surface area contributed by atoms with Gasteiger partial charge in [0.05, 0.1) is 23.4 Å². The van der Waals surface area contributed by atoms with Crippen LogP contribution in [0.1, 0.15) is 49.2 Å². The molecule has 2 aliphatic rings. The number of amides is 1. The summed E-state index contributed by atoms with van der Waals surface area (Å²) in [4.78, 5) is 27.2. The van der Waals surface area contributed by atoms with E-state index in [1.54, 1.807) is 12.1 Å². The summed E-state index contributed by atoms with van der Waals surface area (Å²) in [6.07, 6.45) is 7.08. The Morgan fingerprint density at radius 2 is 1.68 bits per heavy atom. The third kappa shape index (κ3) is 6.25. The largest absolute Gasteiger partial charge is 0.367 e. The molecule has 8 nitrogen and oxygen atoms in total. The Balaban J connectivity index is 1.22. The van der Waals surface area contributed by atoms with E-state index in [-0.39, 0.29) is 18.3 Å². The molecule has 0 spiro atoms. The van der Waals surface area contributed by atoms with Gasteiger partial charge < -0.3 is 14.5 Å². The van der Waals surface area contributed by atoms with E-state index in [2.05, 4.69) is 4.90 Å². The third-order valence-corrected chi connectivity index (χ3v) is 8.27. The Kier molecular flexibility index (Phi) is 8.23. The molecule has 0 N–H and O–H groups in total. The Hall–Kier alpha value is -3.85. The summed E-state index contributed by atoms with van der Waals surface area (Å²) in [6, 6.07) is 16.2. The van der Waals surface area contributed by atoms with Crippen molar-refractivity contribution in [3.63, 3.8) is 0 Å². The second kappa shape index (κ2) is 12.3. The summed E-state index contributed by atoms with van der Waals surface area (Å²) in [7, 11) is 0. The normalized spacial score (nSPS) is 16.4. The lowest BCUT2D eigenvalue weighted by molar-refractivity contribution is -0.136. The number of anilines is 1. The first-order valence-corrected chi connectivity index (χ1v) is 14.7. The molecule has 1 aliphatic carbocycles. The highest BCUT2D eigenvalue weighted by Gasteiger charge is 2.27. The minimum Gasteiger partial charge on any atom is -0.367 e. The molecule has 0 bridgehead atoms. The van der Waals surface area contributed by atoms with E-state index >= 15 is 0 Å². The molecule has 214 valence electrons. The van der Waals surface area contributed by atoms with Gasteiger partial charge in [0, 0.05) is 32.6 Å². The van der Waals surface area contributed by atoms with Crippen molar-refractivity contribution < 1.29 is 13.9 Å². The van der Waals surface area contributed by atoms with Gasteiger partial charge in [-0.1, -0.05) is 62.4 Å². The van der Waals surface area contributed by atoms with Gasteiger partial charge in [-0.25, -0.2) is 19.0 Å². The summed E-state index contributed by atoms with van der Waals surface area (Å²) in [6.45, 7) is 5.00. The Morgan fingerprint density at radius 3 is 2.41 bits per heavy atom. The monoisotopic (exact) mass is 556 g/mol. The van der Waals surface area contributed by atoms with Crippen molar-refractivity contribution in [1.29, 1.82) is 0 Å². The maximum absolute atomic E-state index is 13.7. The topological polar surface area (TPSA) is 76.4 Å². The Morgan fingerprint density at radius 1 is 0.951 bits per heavy atom. The van der Waals surface area contributed by atoms with Crippen molar-refractivity contribution in [1.82, 2.24) is 24.6 Å². The number of hydrogen-bond acceptors (Lipinski definition) is 6. The van der Waals surface area contributed by atoms with Crippen molar-refractivity contribution in [2.24, 2.45) is 5.92 Å². The standard InChI is InChI=1S/C32H37FN6O2/c1-23-30-31(38-18-16-37(17-19-38)29(40)22-41-21-25-10-6-3-7-11-25)34-28(20-24-8-4-2-5-9-24)35-32(30)39(36-23)27-14-12-26(33)13-15-27/h3,6-7,10-15,24H,2,4-5,8-9,16-22H2,1H3. The van der Waals surface area contributed by atoms with Crippen molar-refractivity contribution in [2.45, 2.75) is 52.1 Å². The third-order valence-electron chi connectivity index (χ3n) is 8.27. The van der Waals surface area contributed by atoms with Crippen LogP contribution in [0.15, 0.2) is 54.6 Å². The number of carbonyl (C=O) groups excluding carboxylic acids is 1. The van der Waals surface area contributed by atoms with Crippen LogP contribution in [0.2, 0.25) is 0 Å². The van der Waals surface area contributed by atoms with Crippen LogP contribution < -0.4 is 4.90 Å². The van der Waals surface area contributed by atoms with E-state index in [1.165, 1.54) is 44.2 Å². The van der Waals surface area contributed by atoms with E-state index < -0.39 is 0 Å². The molecule has 1 aliphatic heterocycles. The second-order valence-corrected chi connectivity index (χ2v) is 11.2. The van der Waals surface area contributed by atoms with Gasteiger partial charge in [0.2, 0.25) is 5.91 Å². The predicted molar refractivity (Wildman–Crippen MR) is 157 cm³/mol. The molecule has 1 amide bonds. The fraction of sp³-hybridized carbons (Fsp3) is 0.438. The van der Waals surface area contributed by atoms with Crippen molar-refractivity contribution in [3.05, 3.63) is 77.5 Å². The molecular weight excluding hydrogens is 519 g/mol. The zero-order valence-corrected chi connectivity index (χ0v) is 23.6. The van der Waals surface area contributed by atoms with E-state index in [9.17, 15) is 9.18 Å². The van der Waals surface area contributed by atoms with Crippen LogP contribution in [-0.2, 0) is 22.6 Å². The number of rotatable bonds is 8. The number of fused-ring (bicyclic) bond motifs is 1. The molecule has 2 aromatic carbocycles. The minimum absolute atomic E-state index is 0.00622. The van der Waals surface area contributed by atoms with Gasteiger partial charge in [0.25, 0.3) is 0 Å². The molecule has 2 aromatic heterocycles. The van der Waals surface area contributed by atoms with E-state index in [0.29, 0.717) is 38.7 Å². The van der Waals surface area contributed by atoms with Crippen LogP contribution in [0.5, 0.6) is 0 Å². The van der Waals surface area contributed by atoms with Crippen molar-refractivity contribution >= 4 is 22.8 Å². The van der Waals surface area contributed by atoms with Gasteiger partial charge in [-0.3, -0.25) is 4.79 Å². The molecule has 0 unspecified atom stereocenters. The zero-order valence-electron chi connectivity index (χ0n) is 23.6. The molecule has 9 heteroatoms. The summed E-state index contributed by atoms with van der Waals surface area (Å²) < 4.78 is 21.2. The summed E-state index contributed by atoms with van der Waals surface area (Å²) in [5.74, 6) is 2.01. The maximum atomic E-state index is 13.7. The molecule has 0 atom stereocenters. The van der Waals surface area contributed by atoms with Crippen molar-refractivity contribution in [3.8, 4) is 5.69 Å². The lowest BCUT2D eigenvalue weighted by Gasteiger charge is -2.35. The summed E-state index contributed by atoms with van der Waals surface area (Å²) in [5.41, 5.74) is 3.40. The molecular formula is C32H37FN6O2. The molecule has 3 heterocycles. The lowest BCUT2D eigenvalue weighted by Crippen LogP contribution is -2.50. The van der Waals surface area contributed by atoms with Crippen LogP contribution in [0, 0.1) is 18.7 Å². The number of halogens is 1. The lowest BCUT2D eigenvalue weighted by atomic mass is 9.87. The highest BCUT2D eigenvalue weighted by atomic mass is 19.1. The number of piperazine rings is 1. The first-order chi connectivity index (χ1) is 20.0. The molecule has 6 rings (SSSR count). The average molecular weight is 557 g/mol. The molecule has 2 fully saturated rings. The highest BCUT2D eigenvalue weighted by Crippen LogP contribution is 2.32. The summed E-state index contributed by atoms with van der Waals surface area (Å²) >= 11 is 0. The summed E-state index contributed by atoms with van der Waals surface area (Å²) in [5, 5.41) is 5.73. The predicted octanol–water partition coefficient (Wildman–Crippen LogP) is 5.25. The Bertz CT molecular complexity index is 1480. The van der Waals surface area contributed by atoms with Gasteiger partial charge in [-0.2, -0.15) is 5.10 Å². The van der Waals surface area contributed by atoms with Crippen LogP contribution in [0.3, 0.4) is 0 Å². The maximum Gasteiger partial charge on any atom is 0.248 e. The van der Waals surface area contributed by atoms with Gasteiger partial charge in [0.15, 0.2) is 5.65 Å². The number of aryl methyl sites for hydroxylation is 1. The number of carbonyl (C=O) groups is 1. The SMILES string of the molecule is Cc1nn(-c2ccc(F)cc2)c2nc(CC3CCCCC3)nc(N3CCN(C(=O)COCc4ccccc4)CC3)c12. The van der Waals surface area contributed by atoms with Crippen LogP contribution in [-0.4, -0.2) is 63.3 Å². The fourth-order valence-electron chi connectivity index (χ4n) is 6.03. The molecule has 1 saturated carbocycles.